The van der Waals surface area contributed by atoms with Gasteiger partial charge in [0.2, 0.25) is 5.91 Å². The van der Waals surface area contributed by atoms with E-state index in [1.54, 1.807) is 22.9 Å². The van der Waals surface area contributed by atoms with Gasteiger partial charge in [0.1, 0.15) is 0 Å². The summed E-state index contributed by atoms with van der Waals surface area (Å²) in [6.45, 7) is 2.45. The highest BCUT2D eigenvalue weighted by Gasteiger charge is 2.14. The molecule has 1 aromatic heterocycles. The lowest BCUT2D eigenvalue weighted by Gasteiger charge is -2.22. The van der Waals surface area contributed by atoms with E-state index in [1.807, 2.05) is 18.2 Å². The molecular weight excluding hydrogens is 385 g/mol. The van der Waals surface area contributed by atoms with Crippen molar-refractivity contribution in [1.82, 2.24) is 9.88 Å². The number of carbonyl (C=O) groups is 1. The Morgan fingerprint density at radius 3 is 2.67 bits per heavy atom. The summed E-state index contributed by atoms with van der Waals surface area (Å²) in [5.74, 6) is 0.614. The highest BCUT2D eigenvalue weighted by molar-refractivity contribution is 6.31. The average Bonchev–Trinajstić information content (AvgIpc) is 2.65. The monoisotopic (exact) mass is 409 g/mol. The SMILES string of the molecule is Cl.O=C(CCC1CCNCC1)Nc1ccc(=O)n(Cc2ccccc2Cl)c1. The number of halogens is 2. The number of hydrogen-bond donors (Lipinski definition) is 2. The first-order valence-corrected chi connectivity index (χ1v) is 9.44. The van der Waals surface area contributed by atoms with Crippen LogP contribution < -0.4 is 16.2 Å². The quantitative estimate of drug-likeness (QED) is 0.764. The number of amides is 1. The summed E-state index contributed by atoms with van der Waals surface area (Å²) in [5, 5.41) is 6.86. The lowest BCUT2D eigenvalue weighted by Crippen LogP contribution is -2.28. The number of aromatic nitrogens is 1. The van der Waals surface area contributed by atoms with Crippen LogP contribution >= 0.6 is 24.0 Å². The molecule has 0 unspecified atom stereocenters. The molecule has 5 nitrogen and oxygen atoms in total. The summed E-state index contributed by atoms with van der Waals surface area (Å²) in [7, 11) is 0. The van der Waals surface area contributed by atoms with E-state index in [2.05, 4.69) is 10.6 Å². The van der Waals surface area contributed by atoms with Crippen molar-refractivity contribution in [2.75, 3.05) is 18.4 Å². The molecule has 1 aromatic carbocycles. The molecule has 0 saturated carbocycles. The van der Waals surface area contributed by atoms with Gasteiger partial charge in [0.15, 0.2) is 0 Å². The second-order valence-corrected chi connectivity index (χ2v) is 7.16. The fourth-order valence-electron chi connectivity index (χ4n) is 3.27. The molecule has 3 rings (SSSR count). The summed E-state index contributed by atoms with van der Waals surface area (Å²) in [5.41, 5.74) is 1.37. The number of piperidine rings is 1. The number of benzene rings is 1. The van der Waals surface area contributed by atoms with E-state index >= 15 is 0 Å². The van der Waals surface area contributed by atoms with Crippen molar-refractivity contribution in [2.24, 2.45) is 5.92 Å². The molecule has 1 aliphatic rings. The van der Waals surface area contributed by atoms with Crippen molar-refractivity contribution in [1.29, 1.82) is 0 Å². The third kappa shape index (κ3) is 6.38. The number of nitrogens with zero attached hydrogens (tertiary/aromatic N) is 1. The summed E-state index contributed by atoms with van der Waals surface area (Å²) in [4.78, 5) is 24.3. The number of anilines is 1. The minimum Gasteiger partial charge on any atom is -0.325 e. The third-order valence-corrected chi connectivity index (χ3v) is 5.17. The van der Waals surface area contributed by atoms with Crippen LogP contribution in [-0.4, -0.2) is 23.6 Å². The van der Waals surface area contributed by atoms with Crippen LogP contribution in [-0.2, 0) is 11.3 Å². The number of hydrogen-bond acceptors (Lipinski definition) is 3. The highest BCUT2D eigenvalue weighted by atomic mass is 35.5. The van der Waals surface area contributed by atoms with Gasteiger partial charge in [-0.05, 0) is 56.0 Å². The molecule has 27 heavy (non-hydrogen) atoms. The van der Waals surface area contributed by atoms with Gasteiger partial charge in [-0.3, -0.25) is 9.59 Å². The molecule has 0 aliphatic carbocycles. The van der Waals surface area contributed by atoms with Gasteiger partial charge in [-0.2, -0.15) is 0 Å². The zero-order chi connectivity index (χ0) is 18.4. The maximum Gasteiger partial charge on any atom is 0.250 e. The molecule has 0 bridgehead atoms. The van der Waals surface area contributed by atoms with Crippen molar-refractivity contribution in [3.05, 3.63) is 63.5 Å². The number of pyridine rings is 1. The molecule has 1 fully saturated rings. The zero-order valence-electron chi connectivity index (χ0n) is 15.1. The van der Waals surface area contributed by atoms with Crippen LogP contribution in [0.25, 0.3) is 0 Å². The summed E-state index contributed by atoms with van der Waals surface area (Å²) >= 11 is 6.18. The second kappa shape index (κ2) is 10.5. The van der Waals surface area contributed by atoms with Gasteiger partial charge in [0.25, 0.3) is 5.56 Å². The second-order valence-electron chi connectivity index (χ2n) is 6.76. The van der Waals surface area contributed by atoms with Gasteiger partial charge >= 0.3 is 0 Å². The zero-order valence-corrected chi connectivity index (χ0v) is 16.7. The Hall–Kier alpha value is -1.82. The standard InChI is InChI=1S/C20H24ClN3O2.ClH/c21-18-4-2-1-3-16(18)13-24-14-17(6-8-20(24)26)23-19(25)7-5-15-9-11-22-12-10-15;/h1-4,6,8,14-15,22H,5,7,9-13H2,(H,23,25);1H. The van der Waals surface area contributed by atoms with E-state index in [9.17, 15) is 9.59 Å². The van der Waals surface area contributed by atoms with Crippen LogP contribution in [0.1, 0.15) is 31.2 Å². The van der Waals surface area contributed by atoms with Crippen LogP contribution in [0.3, 0.4) is 0 Å². The Kier molecular flexibility index (Phi) is 8.35. The minimum absolute atomic E-state index is 0. The molecule has 1 amide bonds. The Bertz CT molecular complexity index is 817. The van der Waals surface area contributed by atoms with Crippen molar-refractivity contribution in [2.45, 2.75) is 32.2 Å². The van der Waals surface area contributed by atoms with E-state index in [0.717, 1.165) is 37.9 Å². The first kappa shape index (κ1) is 21.5. The van der Waals surface area contributed by atoms with Crippen LogP contribution in [0.4, 0.5) is 5.69 Å². The molecule has 1 saturated heterocycles. The third-order valence-electron chi connectivity index (χ3n) is 4.80. The van der Waals surface area contributed by atoms with Crippen molar-refractivity contribution >= 4 is 35.6 Å². The predicted octanol–water partition coefficient (Wildman–Crippen LogP) is 3.69. The maximum atomic E-state index is 12.2. The van der Waals surface area contributed by atoms with Gasteiger partial charge < -0.3 is 15.2 Å². The van der Waals surface area contributed by atoms with E-state index in [-0.39, 0.29) is 23.9 Å². The molecule has 2 aromatic rings. The fourth-order valence-corrected chi connectivity index (χ4v) is 3.46. The molecular formula is C20H25Cl2N3O2. The Labute approximate surface area is 170 Å². The van der Waals surface area contributed by atoms with E-state index in [4.69, 9.17) is 11.6 Å². The van der Waals surface area contributed by atoms with E-state index < -0.39 is 0 Å². The molecule has 2 N–H and O–H groups in total. The number of rotatable bonds is 6. The molecule has 1 aliphatic heterocycles. The largest absolute Gasteiger partial charge is 0.325 e. The average molecular weight is 410 g/mol. The minimum atomic E-state index is -0.127. The lowest BCUT2D eigenvalue weighted by atomic mass is 9.93. The first-order valence-electron chi connectivity index (χ1n) is 9.06. The van der Waals surface area contributed by atoms with E-state index in [0.29, 0.717) is 29.6 Å². The van der Waals surface area contributed by atoms with Crippen molar-refractivity contribution in [3.63, 3.8) is 0 Å². The molecule has 0 spiro atoms. The molecule has 2 heterocycles. The predicted molar refractivity (Wildman–Crippen MR) is 112 cm³/mol. The van der Waals surface area contributed by atoms with Crippen molar-refractivity contribution in [3.8, 4) is 0 Å². The number of nitrogens with one attached hydrogen (secondary N) is 2. The summed E-state index contributed by atoms with van der Waals surface area (Å²) in [6.07, 6.45) is 5.36. The van der Waals surface area contributed by atoms with Gasteiger partial charge in [0.05, 0.1) is 12.2 Å². The van der Waals surface area contributed by atoms with Crippen LogP contribution in [0.2, 0.25) is 5.02 Å². The fraction of sp³-hybridized carbons (Fsp3) is 0.400. The van der Waals surface area contributed by atoms with E-state index in [1.165, 1.54) is 6.07 Å². The Morgan fingerprint density at radius 2 is 1.93 bits per heavy atom. The van der Waals surface area contributed by atoms with Gasteiger partial charge in [-0.1, -0.05) is 29.8 Å². The van der Waals surface area contributed by atoms with Crippen LogP contribution in [0.15, 0.2) is 47.4 Å². The first-order chi connectivity index (χ1) is 12.6. The van der Waals surface area contributed by atoms with Gasteiger partial charge in [0, 0.05) is 23.7 Å². The Balaban J connectivity index is 0.00000261. The highest BCUT2D eigenvalue weighted by Crippen LogP contribution is 2.19. The maximum absolute atomic E-state index is 12.2. The molecule has 7 heteroatoms. The normalized spacial score (nSPS) is 14.4. The van der Waals surface area contributed by atoms with Gasteiger partial charge in [-0.15, -0.1) is 12.4 Å². The van der Waals surface area contributed by atoms with Crippen LogP contribution in [0.5, 0.6) is 0 Å². The summed E-state index contributed by atoms with van der Waals surface area (Å²) in [6, 6.07) is 10.5. The van der Waals surface area contributed by atoms with Crippen LogP contribution in [0, 0.1) is 5.92 Å². The molecule has 0 radical (unpaired) electrons. The van der Waals surface area contributed by atoms with Gasteiger partial charge in [-0.25, -0.2) is 0 Å². The smallest absolute Gasteiger partial charge is 0.250 e. The molecule has 146 valence electrons. The topological polar surface area (TPSA) is 63.1 Å². The lowest BCUT2D eigenvalue weighted by molar-refractivity contribution is -0.116. The Morgan fingerprint density at radius 1 is 1.19 bits per heavy atom. The molecule has 0 atom stereocenters. The summed E-state index contributed by atoms with van der Waals surface area (Å²) < 4.78 is 1.56. The number of carbonyl (C=O) groups excluding carboxylic acids is 1. The van der Waals surface area contributed by atoms with Crippen molar-refractivity contribution < 1.29 is 4.79 Å².